The largest absolute Gasteiger partial charge is 0.476 e. The molecule has 1 saturated heterocycles. The SMILES string of the molecule is O=C(O)c1ccc(N2CCN(C(=O)c3ccccc3SC(F)(F)F)CC2)nn1. The zero-order valence-electron chi connectivity index (χ0n) is 14.4. The Labute approximate surface area is 162 Å². The van der Waals surface area contributed by atoms with Crippen molar-refractivity contribution < 1.29 is 27.9 Å². The summed E-state index contributed by atoms with van der Waals surface area (Å²) < 4.78 is 38.2. The molecule has 0 bridgehead atoms. The van der Waals surface area contributed by atoms with Gasteiger partial charge in [-0.25, -0.2) is 4.79 Å². The molecule has 1 N–H and O–H groups in total. The van der Waals surface area contributed by atoms with E-state index < -0.39 is 17.4 Å². The molecule has 7 nitrogen and oxygen atoms in total. The number of rotatable bonds is 4. The number of amides is 1. The van der Waals surface area contributed by atoms with Gasteiger partial charge in [-0.05, 0) is 36.0 Å². The minimum atomic E-state index is -4.48. The summed E-state index contributed by atoms with van der Waals surface area (Å²) in [5.74, 6) is -1.16. The summed E-state index contributed by atoms with van der Waals surface area (Å²) in [4.78, 5) is 26.7. The molecule has 1 aromatic carbocycles. The second-order valence-corrected chi connectivity index (χ2v) is 7.01. The number of benzene rings is 1. The van der Waals surface area contributed by atoms with Crippen molar-refractivity contribution >= 4 is 29.5 Å². The van der Waals surface area contributed by atoms with Gasteiger partial charge in [-0.15, -0.1) is 10.2 Å². The Kier molecular flexibility index (Phi) is 5.73. The molecule has 0 radical (unpaired) electrons. The molecular formula is C17H15F3N4O3S. The summed E-state index contributed by atoms with van der Waals surface area (Å²) in [5.41, 5.74) is -4.63. The van der Waals surface area contributed by atoms with Gasteiger partial charge >= 0.3 is 11.5 Å². The molecule has 0 unspecified atom stereocenters. The van der Waals surface area contributed by atoms with Crippen molar-refractivity contribution in [3.8, 4) is 0 Å². The number of aromatic carboxylic acids is 1. The summed E-state index contributed by atoms with van der Waals surface area (Å²) in [6.45, 7) is 1.40. The zero-order chi connectivity index (χ0) is 20.3. The van der Waals surface area contributed by atoms with Crippen LogP contribution in [0.25, 0.3) is 0 Å². The first-order chi connectivity index (χ1) is 13.2. The van der Waals surface area contributed by atoms with Crippen LogP contribution in [0.3, 0.4) is 0 Å². The molecule has 2 aromatic rings. The number of halogens is 3. The third kappa shape index (κ3) is 4.71. The Balaban J connectivity index is 1.67. The van der Waals surface area contributed by atoms with Gasteiger partial charge in [-0.3, -0.25) is 4.79 Å². The molecule has 11 heteroatoms. The van der Waals surface area contributed by atoms with Gasteiger partial charge < -0.3 is 14.9 Å². The Bertz CT molecular complexity index is 869. The number of anilines is 1. The van der Waals surface area contributed by atoms with E-state index in [9.17, 15) is 22.8 Å². The zero-order valence-corrected chi connectivity index (χ0v) is 15.2. The van der Waals surface area contributed by atoms with Crippen LogP contribution in [0.5, 0.6) is 0 Å². The highest BCUT2D eigenvalue weighted by Gasteiger charge is 2.32. The minimum Gasteiger partial charge on any atom is -0.476 e. The fourth-order valence-corrected chi connectivity index (χ4v) is 3.44. The van der Waals surface area contributed by atoms with Crippen molar-refractivity contribution in [3.63, 3.8) is 0 Å². The van der Waals surface area contributed by atoms with Crippen LogP contribution in [0.15, 0.2) is 41.3 Å². The fourth-order valence-electron chi connectivity index (χ4n) is 2.77. The van der Waals surface area contributed by atoms with E-state index >= 15 is 0 Å². The van der Waals surface area contributed by atoms with E-state index in [2.05, 4.69) is 10.2 Å². The van der Waals surface area contributed by atoms with Gasteiger partial charge in [0.1, 0.15) is 0 Å². The van der Waals surface area contributed by atoms with Gasteiger partial charge in [0.25, 0.3) is 5.91 Å². The first-order valence-electron chi connectivity index (χ1n) is 8.20. The molecule has 0 spiro atoms. The van der Waals surface area contributed by atoms with Crippen LogP contribution in [0.1, 0.15) is 20.8 Å². The molecule has 1 aliphatic rings. The van der Waals surface area contributed by atoms with Crippen molar-refractivity contribution in [1.29, 1.82) is 0 Å². The summed E-state index contributed by atoms with van der Waals surface area (Å²) in [6.07, 6.45) is 0. The number of piperazine rings is 1. The quantitative estimate of drug-likeness (QED) is 0.773. The topological polar surface area (TPSA) is 86.6 Å². The lowest BCUT2D eigenvalue weighted by Crippen LogP contribution is -2.49. The maximum absolute atomic E-state index is 12.7. The number of carboxylic acids is 1. The van der Waals surface area contributed by atoms with Crippen molar-refractivity contribution in [2.75, 3.05) is 31.1 Å². The Morgan fingerprint density at radius 3 is 2.25 bits per heavy atom. The molecule has 0 aliphatic carbocycles. The predicted octanol–water partition coefficient (Wildman–Crippen LogP) is 2.75. The molecule has 1 aliphatic heterocycles. The smallest absolute Gasteiger partial charge is 0.446 e. The fraction of sp³-hybridized carbons (Fsp3) is 0.294. The standard InChI is InChI=1S/C17H15F3N4O3S/c18-17(19,20)28-13-4-2-1-3-11(13)15(25)24-9-7-23(8-10-24)14-6-5-12(16(26)27)21-22-14/h1-6H,7-10H2,(H,26,27). The third-order valence-electron chi connectivity index (χ3n) is 4.10. The number of carboxylic acid groups (broad SMARTS) is 1. The van der Waals surface area contributed by atoms with Crippen molar-refractivity contribution in [3.05, 3.63) is 47.7 Å². The van der Waals surface area contributed by atoms with Crippen LogP contribution in [0.2, 0.25) is 0 Å². The average molecular weight is 412 g/mol. The molecule has 148 valence electrons. The van der Waals surface area contributed by atoms with Gasteiger partial charge in [-0.1, -0.05) is 12.1 Å². The van der Waals surface area contributed by atoms with Gasteiger partial charge in [0.2, 0.25) is 0 Å². The van der Waals surface area contributed by atoms with Gasteiger partial charge in [-0.2, -0.15) is 13.2 Å². The number of carbonyl (C=O) groups excluding carboxylic acids is 1. The van der Waals surface area contributed by atoms with E-state index in [0.717, 1.165) is 0 Å². The lowest BCUT2D eigenvalue weighted by molar-refractivity contribution is -0.0328. The van der Waals surface area contributed by atoms with Crippen molar-refractivity contribution in [1.82, 2.24) is 15.1 Å². The predicted molar refractivity (Wildman–Crippen MR) is 95.5 cm³/mol. The summed E-state index contributed by atoms with van der Waals surface area (Å²) in [6, 6.07) is 8.53. The van der Waals surface area contributed by atoms with Crippen LogP contribution in [0, 0.1) is 0 Å². The lowest BCUT2D eigenvalue weighted by Gasteiger charge is -2.35. The Hall–Kier alpha value is -2.82. The average Bonchev–Trinajstić information content (AvgIpc) is 2.67. The molecule has 1 aromatic heterocycles. The molecule has 0 atom stereocenters. The molecule has 2 heterocycles. The molecule has 1 amide bonds. The van der Waals surface area contributed by atoms with Crippen LogP contribution in [-0.4, -0.2) is 63.8 Å². The number of alkyl halides is 3. The van der Waals surface area contributed by atoms with Gasteiger partial charge in [0.15, 0.2) is 11.5 Å². The van der Waals surface area contributed by atoms with E-state index in [0.29, 0.717) is 32.0 Å². The Morgan fingerprint density at radius 1 is 1.00 bits per heavy atom. The van der Waals surface area contributed by atoms with Crippen molar-refractivity contribution in [2.24, 2.45) is 0 Å². The first kappa shape index (κ1) is 19.9. The number of hydrogen-bond acceptors (Lipinski definition) is 6. The normalized spacial score (nSPS) is 14.8. The maximum atomic E-state index is 12.7. The summed E-state index contributed by atoms with van der Waals surface area (Å²) >= 11 is -0.303. The highest BCUT2D eigenvalue weighted by Crippen LogP contribution is 2.38. The maximum Gasteiger partial charge on any atom is 0.446 e. The van der Waals surface area contributed by atoms with E-state index in [1.165, 1.54) is 41.3 Å². The highest BCUT2D eigenvalue weighted by molar-refractivity contribution is 8.00. The summed E-state index contributed by atoms with van der Waals surface area (Å²) in [5, 5.41) is 16.3. The third-order valence-corrected chi connectivity index (χ3v) is 4.91. The number of thioether (sulfide) groups is 1. The second-order valence-electron chi connectivity index (χ2n) is 5.91. The van der Waals surface area contributed by atoms with E-state index in [-0.39, 0.29) is 27.9 Å². The van der Waals surface area contributed by atoms with Crippen LogP contribution in [-0.2, 0) is 0 Å². The van der Waals surface area contributed by atoms with E-state index in [1.54, 1.807) is 0 Å². The van der Waals surface area contributed by atoms with E-state index in [4.69, 9.17) is 5.11 Å². The second kappa shape index (κ2) is 8.05. The number of carbonyl (C=O) groups is 2. The first-order valence-corrected chi connectivity index (χ1v) is 9.02. The summed E-state index contributed by atoms with van der Waals surface area (Å²) in [7, 11) is 0. The number of aromatic nitrogens is 2. The molecule has 0 saturated carbocycles. The Morgan fingerprint density at radius 2 is 1.68 bits per heavy atom. The van der Waals surface area contributed by atoms with Gasteiger partial charge in [0, 0.05) is 31.1 Å². The highest BCUT2D eigenvalue weighted by atomic mass is 32.2. The molecule has 3 rings (SSSR count). The molecule has 28 heavy (non-hydrogen) atoms. The van der Waals surface area contributed by atoms with Crippen LogP contribution >= 0.6 is 11.8 Å². The van der Waals surface area contributed by atoms with E-state index in [1.807, 2.05) is 4.90 Å². The number of hydrogen-bond donors (Lipinski definition) is 1. The monoisotopic (exact) mass is 412 g/mol. The number of nitrogens with zero attached hydrogens (tertiary/aromatic N) is 4. The van der Waals surface area contributed by atoms with Crippen LogP contribution in [0.4, 0.5) is 19.0 Å². The van der Waals surface area contributed by atoms with Crippen molar-refractivity contribution in [2.45, 2.75) is 10.4 Å². The molecular weight excluding hydrogens is 397 g/mol. The van der Waals surface area contributed by atoms with Crippen LogP contribution < -0.4 is 4.90 Å². The lowest BCUT2D eigenvalue weighted by atomic mass is 10.2. The molecule has 1 fully saturated rings. The minimum absolute atomic E-state index is 0.0175. The van der Waals surface area contributed by atoms with Gasteiger partial charge in [0.05, 0.1) is 5.56 Å².